The van der Waals surface area contributed by atoms with Gasteiger partial charge in [0.15, 0.2) is 0 Å². The van der Waals surface area contributed by atoms with Crippen LogP contribution >= 0.6 is 0 Å². The van der Waals surface area contributed by atoms with Crippen LogP contribution in [0.2, 0.25) is 0 Å². The first-order chi connectivity index (χ1) is 10.1. The molecule has 2 unspecified atom stereocenters. The summed E-state index contributed by atoms with van der Waals surface area (Å²) in [5.41, 5.74) is 1.23. The Morgan fingerprint density at radius 1 is 1.43 bits per heavy atom. The van der Waals surface area contributed by atoms with Crippen molar-refractivity contribution in [3.8, 4) is 5.75 Å². The minimum atomic E-state index is 0.179. The average Bonchev–Trinajstić information content (AvgIpc) is 2.44. The molecule has 4 heteroatoms. The Morgan fingerprint density at radius 2 is 2.24 bits per heavy atom. The molecule has 0 radical (unpaired) electrons. The van der Waals surface area contributed by atoms with Gasteiger partial charge in [-0.2, -0.15) is 0 Å². The first kappa shape index (κ1) is 16.3. The molecule has 4 nitrogen and oxygen atoms in total. The topological polar surface area (TPSA) is 33.7 Å². The zero-order valence-corrected chi connectivity index (χ0v) is 13.6. The van der Waals surface area contributed by atoms with Crippen molar-refractivity contribution in [3.63, 3.8) is 0 Å². The highest BCUT2D eigenvalue weighted by Crippen LogP contribution is 2.25. The van der Waals surface area contributed by atoms with Crippen molar-refractivity contribution in [2.75, 3.05) is 33.3 Å². The van der Waals surface area contributed by atoms with Crippen LogP contribution in [0.3, 0.4) is 0 Å². The molecule has 2 atom stereocenters. The molecule has 1 saturated heterocycles. The molecule has 1 aliphatic rings. The maximum absolute atomic E-state index is 5.99. The van der Waals surface area contributed by atoms with E-state index in [1.165, 1.54) is 5.56 Å². The molecule has 1 heterocycles. The fourth-order valence-corrected chi connectivity index (χ4v) is 2.75. The molecule has 0 amide bonds. The van der Waals surface area contributed by atoms with Crippen molar-refractivity contribution in [2.45, 2.75) is 39.0 Å². The molecule has 21 heavy (non-hydrogen) atoms. The first-order valence-electron chi connectivity index (χ1n) is 7.90. The number of nitrogens with one attached hydrogen (secondary N) is 1. The van der Waals surface area contributed by atoms with Crippen LogP contribution in [0.4, 0.5) is 0 Å². The van der Waals surface area contributed by atoms with E-state index in [4.69, 9.17) is 9.47 Å². The van der Waals surface area contributed by atoms with Gasteiger partial charge in [0.2, 0.25) is 0 Å². The summed E-state index contributed by atoms with van der Waals surface area (Å²) < 4.78 is 11.8. The average molecular weight is 292 g/mol. The smallest absolute Gasteiger partial charge is 0.120 e. The number of rotatable bonds is 6. The van der Waals surface area contributed by atoms with Gasteiger partial charge < -0.3 is 19.7 Å². The standard InChI is InChI=1S/C17H28N2O2/c1-5-18-17(16-12-19(4)9-10-20-16)14-7-6-8-15(11-14)21-13(2)3/h6-8,11,13,16-18H,5,9-10,12H2,1-4H3. The van der Waals surface area contributed by atoms with E-state index in [0.29, 0.717) is 0 Å². The summed E-state index contributed by atoms with van der Waals surface area (Å²) in [5.74, 6) is 0.926. The quantitative estimate of drug-likeness (QED) is 0.873. The Labute approximate surface area is 128 Å². The largest absolute Gasteiger partial charge is 0.491 e. The molecule has 0 aliphatic carbocycles. The lowest BCUT2D eigenvalue weighted by Crippen LogP contribution is -2.46. The van der Waals surface area contributed by atoms with Gasteiger partial charge in [-0.3, -0.25) is 0 Å². The molecule has 2 rings (SSSR count). The lowest BCUT2D eigenvalue weighted by molar-refractivity contribution is -0.0390. The van der Waals surface area contributed by atoms with Gasteiger partial charge in [-0.05, 0) is 45.1 Å². The van der Waals surface area contributed by atoms with E-state index in [1.54, 1.807) is 0 Å². The fraction of sp³-hybridized carbons (Fsp3) is 0.647. The summed E-state index contributed by atoms with van der Waals surface area (Å²) in [5, 5.41) is 3.56. The second kappa shape index (κ2) is 7.78. The fourth-order valence-electron chi connectivity index (χ4n) is 2.75. The first-order valence-corrected chi connectivity index (χ1v) is 7.90. The van der Waals surface area contributed by atoms with E-state index in [1.807, 2.05) is 19.9 Å². The normalized spacial score (nSPS) is 21.5. The van der Waals surface area contributed by atoms with Crippen molar-refractivity contribution in [1.82, 2.24) is 10.2 Å². The predicted molar refractivity (Wildman–Crippen MR) is 85.9 cm³/mol. The van der Waals surface area contributed by atoms with E-state index >= 15 is 0 Å². The van der Waals surface area contributed by atoms with Gasteiger partial charge in [-0.25, -0.2) is 0 Å². The second-order valence-corrected chi connectivity index (χ2v) is 5.95. The maximum atomic E-state index is 5.99. The van der Waals surface area contributed by atoms with Crippen LogP contribution in [0, 0.1) is 0 Å². The molecule has 1 fully saturated rings. The third-order valence-electron chi connectivity index (χ3n) is 3.68. The molecule has 1 aromatic carbocycles. The zero-order chi connectivity index (χ0) is 15.2. The van der Waals surface area contributed by atoms with Crippen molar-refractivity contribution < 1.29 is 9.47 Å². The molecule has 0 bridgehead atoms. The molecule has 0 aromatic heterocycles. The van der Waals surface area contributed by atoms with Crippen molar-refractivity contribution in [3.05, 3.63) is 29.8 Å². The molecular formula is C17H28N2O2. The summed E-state index contributed by atoms with van der Waals surface area (Å²) in [7, 11) is 2.15. The zero-order valence-electron chi connectivity index (χ0n) is 13.6. The summed E-state index contributed by atoms with van der Waals surface area (Å²) >= 11 is 0. The summed E-state index contributed by atoms with van der Waals surface area (Å²) in [6, 6.07) is 8.56. The second-order valence-electron chi connectivity index (χ2n) is 5.95. The Hall–Kier alpha value is -1.10. The Morgan fingerprint density at radius 3 is 2.90 bits per heavy atom. The van der Waals surface area contributed by atoms with E-state index < -0.39 is 0 Å². The molecule has 0 spiro atoms. The number of nitrogens with zero attached hydrogens (tertiary/aromatic N) is 1. The molecule has 1 aliphatic heterocycles. The van der Waals surface area contributed by atoms with Crippen LogP contribution in [-0.4, -0.2) is 50.4 Å². The number of hydrogen-bond acceptors (Lipinski definition) is 4. The van der Waals surface area contributed by atoms with E-state index in [-0.39, 0.29) is 18.2 Å². The van der Waals surface area contributed by atoms with Gasteiger partial charge in [0.05, 0.1) is 24.9 Å². The van der Waals surface area contributed by atoms with Gasteiger partial charge in [-0.1, -0.05) is 19.1 Å². The summed E-state index contributed by atoms with van der Waals surface area (Å²) in [6.07, 6.45) is 0.368. The molecule has 118 valence electrons. The van der Waals surface area contributed by atoms with E-state index in [0.717, 1.165) is 32.0 Å². The monoisotopic (exact) mass is 292 g/mol. The number of likely N-dealkylation sites (N-methyl/N-ethyl adjacent to an activating group) is 2. The Bertz CT molecular complexity index is 437. The van der Waals surface area contributed by atoms with Crippen LogP contribution in [0.5, 0.6) is 5.75 Å². The maximum Gasteiger partial charge on any atom is 0.120 e. The van der Waals surface area contributed by atoms with Gasteiger partial charge in [0, 0.05) is 13.1 Å². The van der Waals surface area contributed by atoms with Crippen molar-refractivity contribution >= 4 is 0 Å². The molecule has 1 N–H and O–H groups in total. The Balaban J connectivity index is 2.16. The highest BCUT2D eigenvalue weighted by Gasteiger charge is 2.27. The van der Waals surface area contributed by atoms with Crippen LogP contribution in [0.1, 0.15) is 32.4 Å². The van der Waals surface area contributed by atoms with Gasteiger partial charge in [0.1, 0.15) is 5.75 Å². The van der Waals surface area contributed by atoms with Crippen LogP contribution in [0.15, 0.2) is 24.3 Å². The SMILES string of the molecule is CCNC(c1cccc(OC(C)C)c1)C1CN(C)CCO1. The molecular weight excluding hydrogens is 264 g/mol. The lowest BCUT2D eigenvalue weighted by Gasteiger charge is -2.35. The number of morpholine rings is 1. The minimum absolute atomic E-state index is 0.179. The van der Waals surface area contributed by atoms with Gasteiger partial charge in [-0.15, -0.1) is 0 Å². The predicted octanol–water partition coefficient (Wildman–Crippen LogP) is 2.46. The Kier molecular flexibility index (Phi) is 6.03. The van der Waals surface area contributed by atoms with Crippen molar-refractivity contribution in [2.24, 2.45) is 0 Å². The van der Waals surface area contributed by atoms with Crippen LogP contribution in [-0.2, 0) is 4.74 Å². The van der Waals surface area contributed by atoms with Crippen molar-refractivity contribution in [1.29, 1.82) is 0 Å². The number of benzene rings is 1. The highest BCUT2D eigenvalue weighted by atomic mass is 16.5. The number of hydrogen-bond donors (Lipinski definition) is 1. The third kappa shape index (κ3) is 4.70. The molecule has 1 aromatic rings. The minimum Gasteiger partial charge on any atom is -0.491 e. The summed E-state index contributed by atoms with van der Waals surface area (Å²) in [6.45, 7) is 9.91. The third-order valence-corrected chi connectivity index (χ3v) is 3.68. The highest BCUT2D eigenvalue weighted by molar-refractivity contribution is 5.31. The molecule has 0 saturated carbocycles. The summed E-state index contributed by atoms with van der Waals surface area (Å²) in [4.78, 5) is 2.33. The van der Waals surface area contributed by atoms with E-state index in [9.17, 15) is 0 Å². The van der Waals surface area contributed by atoms with E-state index in [2.05, 4.69) is 42.4 Å². The van der Waals surface area contributed by atoms with Gasteiger partial charge >= 0.3 is 0 Å². The number of ether oxygens (including phenoxy) is 2. The van der Waals surface area contributed by atoms with Crippen LogP contribution in [0.25, 0.3) is 0 Å². The van der Waals surface area contributed by atoms with Crippen LogP contribution < -0.4 is 10.1 Å². The lowest BCUT2D eigenvalue weighted by atomic mass is 9.99. The van der Waals surface area contributed by atoms with Gasteiger partial charge in [0.25, 0.3) is 0 Å².